The van der Waals surface area contributed by atoms with Gasteiger partial charge < -0.3 is 20.8 Å². The number of aliphatic hydroxyl groups is 1. The maximum atomic E-state index is 11.0. The van der Waals surface area contributed by atoms with E-state index >= 15 is 0 Å². The Hall–Kier alpha value is -1.59. The second-order valence-electron chi connectivity index (χ2n) is 3.65. The molecule has 80 valence electrons. The Labute approximate surface area is 85.9 Å². The van der Waals surface area contributed by atoms with E-state index in [0.29, 0.717) is 5.52 Å². The van der Waals surface area contributed by atoms with Gasteiger partial charge in [0.25, 0.3) is 0 Å². The van der Waals surface area contributed by atoms with Gasteiger partial charge in [-0.25, -0.2) is 4.79 Å². The van der Waals surface area contributed by atoms with E-state index in [4.69, 9.17) is 5.73 Å². The summed E-state index contributed by atoms with van der Waals surface area (Å²) < 4.78 is 0. The highest BCUT2D eigenvalue weighted by Gasteiger charge is 2.12. The Kier molecular flexibility index (Phi) is 2.34. The van der Waals surface area contributed by atoms with Crippen molar-refractivity contribution in [1.82, 2.24) is 9.97 Å². The Morgan fingerprint density at radius 1 is 1.33 bits per heavy atom. The van der Waals surface area contributed by atoms with Gasteiger partial charge in [-0.2, -0.15) is 0 Å². The molecule has 1 heterocycles. The number of imidazole rings is 1. The highest BCUT2D eigenvalue weighted by Crippen LogP contribution is 2.17. The van der Waals surface area contributed by atoms with E-state index in [1.807, 2.05) is 0 Å². The van der Waals surface area contributed by atoms with Crippen LogP contribution in [-0.4, -0.2) is 21.2 Å². The van der Waals surface area contributed by atoms with E-state index in [9.17, 15) is 9.90 Å². The third kappa shape index (κ3) is 1.79. The maximum Gasteiger partial charge on any atom is 0.323 e. The third-order valence-corrected chi connectivity index (χ3v) is 2.44. The molecule has 0 amide bonds. The lowest BCUT2D eigenvalue weighted by molar-refractivity contribution is 0.164. The molecule has 0 radical (unpaired) electrons. The highest BCUT2D eigenvalue weighted by atomic mass is 16.3. The standard InChI is InChI=1S/C10H13N3O2/c1-5(14)9(11)6-2-3-7-8(4-6)13-10(15)12-7/h2-5,9,14H,11H2,1H3,(H2,12,13,15). The van der Waals surface area contributed by atoms with Crippen LogP contribution in [0.3, 0.4) is 0 Å². The molecule has 0 aliphatic heterocycles. The molecule has 2 aromatic rings. The molecule has 15 heavy (non-hydrogen) atoms. The zero-order chi connectivity index (χ0) is 11.0. The first-order chi connectivity index (χ1) is 7.08. The summed E-state index contributed by atoms with van der Waals surface area (Å²) in [4.78, 5) is 16.3. The molecule has 1 aromatic heterocycles. The van der Waals surface area contributed by atoms with Crippen molar-refractivity contribution in [3.8, 4) is 0 Å². The average molecular weight is 207 g/mol. The van der Waals surface area contributed by atoms with Crippen LogP contribution >= 0.6 is 0 Å². The number of aromatic amines is 2. The molecule has 0 saturated carbocycles. The quantitative estimate of drug-likeness (QED) is 0.568. The van der Waals surface area contributed by atoms with Gasteiger partial charge in [0.15, 0.2) is 0 Å². The van der Waals surface area contributed by atoms with Gasteiger partial charge in [-0.05, 0) is 24.6 Å². The molecule has 0 spiro atoms. The number of hydrogen-bond donors (Lipinski definition) is 4. The largest absolute Gasteiger partial charge is 0.391 e. The minimum absolute atomic E-state index is 0.243. The lowest BCUT2D eigenvalue weighted by Gasteiger charge is -2.14. The van der Waals surface area contributed by atoms with Gasteiger partial charge in [-0.1, -0.05) is 6.07 Å². The Morgan fingerprint density at radius 3 is 2.67 bits per heavy atom. The van der Waals surface area contributed by atoms with Crippen molar-refractivity contribution in [3.63, 3.8) is 0 Å². The number of hydrogen-bond acceptors (Lipinski definition) is 3. The van der Waals surface area contributed by atoms with Crippen molar-refractivity contribution in [2.24, 2.45) is 5.73 Å². The summed E-state index contributed by atoms with van der Waals surface area (Å²) in [7, 11) is 0. The molecule has 1 aromatic carbocycles. The minimum Gasteiger partial charge on any atom is -0.391 e. The Balaban J connectivity index is 2.50. The zero-order valence-corrected chi connectivity index (χ0v) is 8.32. The van der Waals surface area contributed by atoms with Crippen molar-refractivity contribution in [3.05, 3.63) is 34.2 Å². The van der Waals surface area contributed by atoms with Gasteiger partial charge in [-0.3, -0.25) is 0 Å². The summed E-state index contributed by atoms with van der Waals surface area (Å²) in [6.07, 6.45) is -0.617. The number of H-pyrrole nitrogens is 2. The minimum atomic E-state index is -0.617. The highest BCUT2D eigenvalue weighted by molar-refractivity contribution is 5.75. The molecule has 0 aliphatic rings. The van der Waals surface area contributed by atoms with Gasteiger partial charge in [0.05, 0.1) is 23.2 Å². The summed E-state index contributed by atoms with van der Waals surface area (Å²) in [6, 6.07) is 4.90. The number of aliphatic hydroxyl groups excluding tert-OH is 1. The van der Waals surface area contributed by atoms with E-state index < -0.39 is 12.1 Å². The molecular formula is C10H13N3O2. The Bertz CT molecular complexity index is 527. The fraction of sp³-hybridized carbons (Fsp3) is 0.300. The molecule has 0 fully saturated rings. The second kappa shape index (κ2) is 3.52. The molecule has 5 nitrogen and oxygen atoms in total. The zero-order valence-electron chi connectivity index (χ0n) is 8.32. The van der Waals surface area contributed by atoms with Gasteiger partial charge in [0.1, 0.15) is 0 Å². The van der Waals surface area contributed by atoms with Crippen molar-refractivity contribution in [2.45, 2.75) is 19.1 Å². The van der Waals surface area contributed by atoms with E-state index in [0.717, 1.165) is 11.1 Å². The van der Waals surface area contributed by atoms with E-state index in [1.54, 1.807) is 25.1 Å². The summed E-state index contributed by atoms with van der Waals surface area (Å²) in [5, 5.41) is 9.35. The molecule has 0 aliphatic carbocycles. The fourth-order valence-corrected chi connectivity index (χ4v) is 1.54. The fourth-order valence-electron chi connectivity index (χ4n) is 1.54. The van der Waals surface area contributed by atoms with Crippen LogP contribution in [0.1, 0.15) is 18.5 Å². The third-order valence-electron chi connectivity index (χ3n) is 2.44. The van der Waals surface area contributed by atoms with Crippen LogP contribution in [0.25, 0.3) is 11.0 Å². The van der Waals surface area contributed by atoms with Crippen LogP contribution in [0.4, 0.5) is 0 Å². The van der Waals surface area contributed by atoms with Crippen molar-refractivity contribution >= 4 is 11.0 Å². The molecule has 2 rings (SSSR count). The van der Waals surface area contributed by atoms with Crippen molar-refractivity contribution in [2.75, 3.05) is 0 Å². The smallest absolute Gasteiger partial charge is 0.323 e. The van der Waals surface area contributed by atoms with Crippen molar-refractivity contribution in [1.29, 1.82) is 0 Å². The summed E-state index contributed by atoms with van der Waals surface area (Å²) in [5.41, 5.74) is 7.78. The number of nitrogens with two attached hydrogens (primary N) is 1. The lowest BCUT2D eigenvalue weighted by Crippen LogP contribution is -2.22. The van der Waals surface area contributed by atoms with Crippen LogP contribution < -0.4 is 11.4 Å². The predicted molar refractivity (Wildman–Crippen MR) is 57.5 cm³/mol. The van der Waals surface area contributed by atoms with Crippen LogP contribution in [0.2, 0.25) is 0 Å². The molecule has 5 N–H and O–H groups in total. The number of rotatable bonds is 2. The van der Waals surface area contributed by atoms with Gasteiger partial charge in [0.2, 0.25) is 0 Å². The molecule has 2 atom stereocenters. The van der Waals surface area contributed by atoms with Gasteiger partial charge in [-0.15, -0.1) is 0 Å². The number of benzene rings is 1. The van der Waals surface area contributed by atoms with E-state index in [1.165, 1.54) is 0 Å². The van der Waals surface area contributed by atoms with Gasteiger partial charge >= 0.3 is 5.69 Å². The number of nitrogens with one attached hydrogen (secondary N) is 2. The topological polar surface area (TPSA) is 94.9 Å². The monoisotopic (exact) mass is 207 g/mol. The molecular weight excluding hydrogens is 194 g/mol. The number of aromatic nitrogens is 2. The first-order valence-electron chi connectivity index (χ1n) is 4.73. The van der Waals surface area contributed by atoms with Gasteiger partial charge in [0, 0.05) is 0 Å². The first kappa shape index (κ1) is 9.95. The Morgan fingerprint density at radius 2 is 2.00 bits per heavy atom. The first-order valence-corrected chi connectivity index (χ1v) is 4.73. The number of fused-ring (bicyclic) bond motifs is 1. The van der Waals surface area contributed by atoms with Crippen LogP contribution in [0, 0.1) is 0 Å². The molecule has 2 unspecified atom stereocenters. The predicted octanol–water partition coefficient (Wildman–Crippen LogP) is 0.237. The normalized spacial score (nSPS) is 15.4. The molecule has 5 heteroatoms. The molecule has 0 bridgehead atoms. The van der Waals surface area contributed by atoms with E-state index in [-0.39, 0.29) is 5.69 Å². The molecule has 0 saturated heterocycles. The van der Waals surface area contributed by atoms with Crippen LogP contribution in [-0.2, 0) is 0 Å². The summed E-state index contributed by atoms with van der Waals surface area (Å²) >= 11 is 0. The maximum absolute atomic E-state index is 11.0. The van der Waals surface area contributed by atoms with E-state index in [2.05, 4.69) is 9.97 Å². The lowest BCUT2D eigenvalue weighted by atomic mass is 10.0. The van der Waals surface area contributed by atoms with Crippen LogP contribution in [0.15, 0.2) is 23.0 Å². The summed E-state index contributed by atoms with van der Waals surface area (Å²) in [6.45, 7) is 1.63. The average Bonchev–Trinajstić information content (AvgIpc) is 2.55. The summed E-state index contributed by atoms with van der Waals surface area (Å²) in [5.74, 6) is 0. The SMILES string of the molecule is CC(O)C(N)c1ccc2[nH]c(=O)[nH]c2c1. The van der Waals surface area contributed by atoms with Crippen LogP contribution in [0.5, 0.6) is 0 Å². The second-order valence-corrected chi connectivity index (χ2v) is 3.65. The van der Waals surface area contributed by atoms with Crippen molar-refractivity contribution < 1.29 is 5.11 Å².